The Bertz CT molecular complexity index is 1580. The van der Waals surface area contributed by atoms with Crippen LogP contribution in [-0.4, -0.2) is 52.8 Å². The molecule has 3 aromatic rings. The number of aromatic nitrogens is 2. The summed E-state index contributed by atoms with van der Waals surface area (Å²) >= 11 is 0. The number of fused-ring (bicyclic) bond motifs is 3. The number of nitrogens with one attached hydrogen (secondary N) is 4. The highest BCUT2D eigenvalue weighted by atomic mass is 16.5. The predicted molar refractivity (Wildman–Crippen MR) is 165 cm³/mol. The van der Waals surface area contributed by atoms with Crippen LogP contribution in [0.2, 0.25) is 0 Å². The van der Waals surface area contributed by atoms with Crippen molar-refractivity contribution in [1.29, 1.82) is 10.7 Å². The first kappa shape index (κ1) is 29.4. The molecule has 2 aromatic heterocycles. The van der Waals surface area contributed by atoms with Gasteiger partial charge in [0.15, 0.2) is 0 Å². The summed E-state index contributed by atoms with van der Waals surface area (Å²) in [4.78, 5) is 33.7. The molecule has 220 valence electrons. The molecule has 1 fully saturated rings. The van der Waals surface area contributed by atoms with Crippen molar-refractivity contribution in [3.05, 3.63) is 82.7 Å². The van der Waals surface area contributed by atoms with E-state index in [4.69, 9.17) is 21.1 Å². The van der Waals surface area contributed by atoms with Crippen molar-refractivity contribution in [1.82, 2.24) is 15.3 Å². The molecule has 2 atom stereocenters. The van der Waals surface area contributed by atoms with Crippen molar-refractivity contribution in [2.75, 3.05) is 29.6 Å². The van der Waals surface area contributed by atoms with Gasteiger partial charge in [0.1, 0.15) is 11.6 Å². The van der Waals surface area contributed by atoms with E-state index in [2.05, 4.69) is 25.9 Å². The average molecular weight is 579 g/mol. The Hall–Kier alpha value is -5.08. The highest BCUT2D eigenvalue weighted by Crippen LogP contribution is 2.32. The highest BCUT2D eigenvalue weighted by molar-refractivity contribution is 6.17. The average Bonchev–Trinajstić information content (AvgIpc) is 3.01. The zero-order valence-electron chi connectivity index (χ0n) is 23.7. The molecule has 0 unspecified atom stereocenters. The van der Waals surface area contributed by atoms with Crippen LogP contribution in [0, 0.1) is 16.7 Å². The minimum absolute atomic E-state index is 0.00328. The van der Waals surface area contributed by atoms with Gasteiger partial charge in [-0.05, 0) is 56.4 Å². The lowest BCUT2D eigenvalue weighted by atomic mass is 9.89. The lowest BCUT2D eigenvalue weighted by Crippen LogP contribution is -2.42. The second kappa shape index (κ2) is 13.7. The fourth-order valence-corrected chi connectivity index (χ4v) is 5.35. The van der Waals surface area contributed by atoms with E-state index in [-0.39, 0.29) is 41.2 Å². The van der Waals surface area contributed by atoms with E-state index in [1.54, 1.807) is 36.5 Å². The first-order valence-corrected chi connectivity index (χ1v) is 14.4. The topological polar surface area (TPSA) is 179 Å². The molecule has 11 heteroatoms. The summed E-state index contributed by atoms with van der Waals surface area (Å²) < 4.78 is 5.64. The minimum atomic E-state index is -0.386. The molecule has 3 heterocycles. The number of nitriles is 1. The van der Waals surface area contributed by atoms with Gasteiger partial charge in [0, 0.05) is 47.6 Å². The number of ether oxygens (including phenoxy) is 1. The molecular formula is C32H34N8O3. The number of nitrogens with two attached hydrogens (primary N) is 1. The number of rotatable bonds is 4. The van der Waals surface area contributed by atoms with Crippen LogP contribution < -0.4 is 21.7 Å². The van der Waals surface area contributed by atoms with Crippen molar-refractivity contribution in [2.45, 2.75) is 50.6 Å². The molecule has 2 amide bonds. The maximum absolute atomic E-state index is 12.8. The first-order valence-electron chi connectivity index (χ1n) is 14.4. The second-order valence-electron chi connectivity index (χ2n) is 10.6. The van der Waals surface area contributed by atoms with E-state index in [0.29, 0.717) is 54.0 Å². The van der Waals surface area contributed by atoms with Crippen molar-refractivity contribution in [2.24, 2.45) is 0 Å². The van der Waals surface area contributed by atoms with Crippen molar-refractivity contribution >= 4 is 40.9 Å². The van der Waals surface area contributed by atoms with Crippen molar-refractivity contribution in [3.8, 4) is 6.07 Å². The number of anilines is 3. The first-order chi connectivity index (χ1) is 20.9. The number of pyridine rings is 2. The number of carbonyl (C=O) groups is 2. The summed E-state index contributed by atoms with van der Waals surface area (Å²) in [5.74, 6) is 0.106. The van der Waals surface area contributed by atoms with Crippen LogP contribution in [0.15, 0.2) is 54.9 Å². The molecule has 2 aliphatic rings. The Morgan fingerprint density at radius 2 is 1.86 bits per heavy atom. The van der Waals surface area contributed by atoms with Crippen molar-refractivity contribution in [3.63, 3.8) is 0 Å². The number of benzene rings is 1. The Morgan fingerprint density at radius 1 is 1.09 bits per heavy atom. The smallest absolute Gasteiger partial charge is 0.256 e. The third kappa shape index (κ3) is 7.42. The maximum Gasteiger partial charge on any atom is 0.256 e. The Kier molecular flexibility index (Phi) is 9.39. The van der Waals surface area contributed by atoms with E-state index in [9.17, 15) is 9.59 Å². The second-order valence-corrected chi connectivity index (χ2v) is 10.6. The molecule has 1 aliphatic heterocycles. The van der Waals surface area contributed by atoms with Crippen LogP contribution in [0.5, 0.6) is 0 Å². The van der Waals surface area contributed by atoms with E-state index in [1.165, 1.54) is 12.3 Å². The summed E-state index contributed by atoms with van der Waals surface area (Å²) in [6.45, 7) is 0.874. The summed E-state index contributed by atoms with van der Waals surface area (Å²) in [5.41, 5.74) is 9.90. The third-order valence-electron chi connectivity index (χ3n) is 7.54. The normalized spacial score (nSPS) is 18.9. The summed E-state index contributed by atoms with van der Waals surface area (Å²) in [7, 11) is 0. The lowest BCUT2D eigenvalue weighted by Gasteiger charge is -2.32. The predicted octanol–water partition coefficient (Wildman–Crippen LogP) is 4.26. The van der Waals surface area contributed by atoms with Gasteiger partial charge in [0.05, 0.1) is 41.8 Å². The number of nitrogen functional groups attached to an aromatic ring is 1. The van der Waals surface area contributed by atoms with Crippen LogP contribution in [0.25, 0.3) is 6.08 Å². The fraction of sp³-hybridized carbons (Fsp3) is 0.312. The van der Waals surface area contributed by atoms with Gasteiger partial charge in [-0.3, -0.25) is 15.0 Å². The third-order valence-corrected chi connectivity index (χ3v) is 7.54. The zero-order valence-corrected chi connectivity index (χ0v) is 23.7. The van der Waals surface area contributed by atoms with Crippen LogP contribution in [0.4, 0.5) is 17.3 Å². The molecule has 43 heavy (non-hydrogen) atoms. The van der Waals surface area contributed by atoms with Gasteiger partial charge in [0.25, 0.3) is 5.91 Å². The molecule has 1 aromatic carbocycles. The van der Waals surface area contributed by atoms with Gasteiger partial charge in [-0.25, -0.2) is 9.97 Å². The molecule has 11 nitrogen and oxygen atoms in total. The van der Waals surface area contributed by atoms with Gasteiger partial charge in [-0.2, -0.15) is 5.26 Å². The standard InChI is InChI=1S/C32H34N8O3/c33-18-20-11-13-36-26(16-20)40-32(42)22-9-7-21(8-10-22)29(34)28-30-23(19-37-31(28)35)4-1-2-14-43-15-12-27(41)38-24-5-3-6-25(17-24)39-30/h1,4,7-11,13,16,19,24-25,34,39H,2-3,5-6,12,14-15,17H2,(H2,35,37)(H,38,41)(H,36,40,42)/t24-,25-/m1/s1. The van der Waals surface area contributed by atoms with Gasteiger partial charge in [-0.1, -0.05) is 24.3 Å². The van der Waals surface area contributed by atoms with E-state index in [0.717, 1.165) is 31.2 Å². The van der Waals surface area contributed by atoms with Crippen LogP contribution in [-0.2, 0) is 9.53 Å². The van der Waals surface area contributed by atoms with Gasteiger partial charge in [-0.15, -0.1) is 0 Å². The zero-order chi connectivity index (χ0) is 30.2. The molecule has 0 radical (unpaired) electrons. The summed E-state index contributed by atoms with van der Waals surface area (Å²) in [6.07, 6.45) is 11.6. The molecule has 5 rings (SSSR count). The van der Waals surface area contributed by atoms with Crippen molar-refractivity contribution < 1.29 is 14.3 Å². The minimum Gasteiger partial charge on any atom is -0.383 e. The van der Waals surface area contributed by atoms with E-state index >= 15 is 0 Å². The summed E-state index contributed by atoms with van der Waals surface area (Å²) in [6, 6.07) is 11.9. The Morgan fingerprint density at radius 3 is 2.65 bits per heavy atom. The van der Waals surface area contributed by atoms with Gasteiger partial charge < -0.3 is 26.4 Å². The van der Waals surface area contributed by atoms with Crippen LogP contribution in [0.1, 0.15) is 71.1 Å². The monoisotopic (exact) mass is 578 g/mol. The summed E-state index contributed by atoms with van der Waals surface area (Å²) in [5, 5.41) is 27.7. The fourth-order valence-electron chi connectivity index (χ4n) is 5.35. The quantitative estimate of drug-likeness (QED) is 0.285. The Labute approximate surface area is 250 Å². The largest absolute Gasteiger partial charge is 0.383 e. The number of hydrogen-bond acceptors (Lipinski definition) is 9. The number of amides is 2. The van der Waals surface area contributed by atoms with E-state index < -0.39 is 0 Å². The highest BCUT2D eigenvalue weighted by Gasteiger charge is 2.26. The Balaban J connectivity index is 1.42. The number of carbonyl (C=O) groups excluding carboxylic acids is 2. The van der Waals surface area contributed by atoms with Gasteiger partial charge >= 0.3 is 0 Å². The molecule has 1 saturated carbocycles. The van der Waals surface area contributed by atoms with Gasteiger partial charge in [0.2, 0.25) is 5.91 Å². The number of nitrogens with zero attached hydrogens (tertiary/aromatic N) is 3. The molecule has 1 aliphatic carbocycles. The lowest BCUT2D eigenvalue weighted by molar-refractivity contribution is -0.123. The van der Waals surface area contributed by atoms with E-state index in [1.807, 2.05) is 18.2 Å². The maximum atomic E-state index is 12.8. The number of hydrogen-bond donors (Lipinski definition) is 5. The molecule has 2 bridgehead atoms. The molecule has 0 saturated heterocycles. The van der Waals surface area contributed by atoms with Crippen LogP contribution in [0.3, 0.4) is 0 Å². The van der Waals surface area contributed by atoms with Crippen LogP contribution >= 0.6 is 0 Å². The molecular weight excluding hydrogens is 544 g/mol. The molecule has 6 N–H and O–H groups in total. The SMILES string of the molecule is N#Cc1ccnc(NC(=O)c2ccc(C(=N)c3c(N)ncc4c3N[C@@H]3CCC[C@H](C3)NC(=O)CCOCCC=C4)cc2)c1. The molecule has 0 spiro atoms.